The van der Waals surface area contributed by atoms with Gasteiger partial charge in [0.05, 0.1) is 14.1 Å². The number of aliphatic hydroxyl groups excluding tert-OH is 1. The van der Waals surface area contributed by atoms with Gasteiger partial charge in [-0.1, -0.05) is 15.9 Å². The Labute approximate surface area is 75.1 Å². The van der Waals surface area contributed by atoms with Gasteiger partial charge in [-0.25, -0.2) is 0 Å². The van der Waals surface area contributed by atoms with Crippen molar-refractivity contribution in [3.63, 3.8) is 0 Å². The van der Waals surface area contributed by atoms with Crippen LogP contribution in [0.15, 0.2) is 0 Å². The van der Waals surface area contributed by atoms with Crippen LogP contribution in [0, 0.1) is 0 Å². The number of nitrogens with one attached hydrogen (secondary N) is 1. The minimum absolute atomic E-state index is 0. The van der Waals surface area contributed by atoms with Gasteiger partial charge in [0.25, 0.3) is 0 Å². The third kappa shape index (κ3) is 8.88. The van der Waals surface area contributed by atoms with Crippen LogP contribution < -0.4 is 21.9 Å². The van der Waals surface area contributed by atoms with Gasteiger partial charge in [0, 0.05) is 5.33 Å². The summed E-state index contributed by atoms with van der Waals surface area (Å²) in [7, 11) is 4.04. The average Bonchev–Trinajstić information content (AvgIpc) is 1.65. The highest BCUT2D eigenvalue weighted by molar-refractivity contribution is 9.09. The predicted molar refractivity (Wildman–Crippen MR) is 37.5 cm³/mol. The van der Waals surface area contributed by atoms with Gasteiger partial charge in [0.1, 0.15) is 12.6 Å². The van der Waals surface area contributed by atoms with Gasteiger partial charge in [-0.05, 0) is 0 Å². The number of halogens is 2. The molecular formula is C5H13Br2NO. The van der Waals surface area contributed by atoms with Crippen LogP contribution >= 0.6 is 15.9 Å². The Morgan fingerprint density at radius 2 is 2.00 bits per heavy atom. The summed E-state index contributed by atoms with van der Waals surface area (Å²) in [4.78, 5) is 1.27. The molecule has 0 radical (unpaired) electrons. The Kier molecular flexibility index (Phi) is 9.75. The van der Waals surface area contributed by atoms with E-state index in [1.165, 1.54) is 4.90 Å². The smallest absolute Gasteiger partial charge is 0.112 e. The lowest BCUT2D eigenvalue weighted by Gasteiger charge is -2.09. The summed E-state index contributed by atoms with van der Waals surface area (Å²) in [5.74, 6) is 0. The van der Waals surface area contributed by atoms with Gasteiger partial charge >= 0.3 is 0 Å². The number of alkyl halides is 1. The second-order valence-corrected chi connectivity index (χ2v) is 2.87. The molecule has 0 aliphatic heterocycles. The molecule has 0 aromatic carbocycles. The fourth-order valence-electron chi connectivity index (χ4n) is 0.526. The molecule has 0 saturated carbocycles. The number of quaternary nitrogens is 1. The van der Waals surface area contributed by atoms with Crippen LogP contribution in [0.5, 0.6) is 0 Å². The number of rotatable bonds is 3. The first kappa shape index (κ1) is 12.5. The topological polar surface area (TPSA) is 24.7 Å². The molecule has 0 heterocycles. The highest BCUT2D eigenvalue weighted by Gasteiger charge is 2.03. The van der Waals surface area contributed by atoms with Gasteiger partial charge in [-0.2, -0.15) is 0 Å². The fourth-order valence-corrected chi connectivity index (χ4v) is 0.755. The zero-order valence-electron chi connectivity index (χ0n) is 5.69. The van der Waals surface area contributed by atoms with Crippen molar-refractivity contribution >= 4 is 15.9 Å². The molecule has 0 saturated heterocycles. The predicted octanol–water partition coefficient (Wildman–Crippen LogP) is -4.11. The van der Waals surface area contributed by atoms with Gasteiger partial charge in [-0.3, -0.25) is 0 Å². The average molecular weight is 263 g/mol. The molecule has 9 heavy (non-hydrogen) atoms. The van der Waals surface area contributed by atoms with Crippen LogP contribution in [0.4, 0.5) is 0 Å². The highest BCUT2D eigenvalue weighted by atomic mass is 79.9. The van der Waals surface area contributed by atoms with Crippen molar-refractivity contribution in [2.75, 3.05) is 26.0 Å². The second-order valence-electron chi connectivity index (χ2n) is 2.22. The maximum Gasteiger partial charge on any atom is 0.112 e. The quantitative estimate of drug-likeness (QED) is 0.497. The van der Waals surface area contributed by atoms with E-state index in [2.05, 4.69) is 15.9 Å². The molecule has 0 aliphatic carbocycles. The lowest BCUT2D eigenvalue weighted by atomic mass is 10.4. The number of aliphatic hydroxyl groups is 1. The summed E-state index contributed by atoms with van der Waals surface area (Å²) in [6, 6.07) is 0. The van der Waals surface area contributed by atoms with E-state index in [0.29, 0.717) is 5.33 Å². The molecule has 58 valence electrons. The molecule has 0 bridgehead atoms. The highest BCUT2D eigenvalue weighted by Crippen LogP contribution is 1.84. The van der Waals surface area contributed by atoms with Gasteiger partial charge in [0.15, 0.2) is 0 Å². The molecule has 0 fully saturated rings. The SMILES string of the molecule is C[NH+](C)C[C@H](O)CBr.[Br-]. The van der Waals surface area contributed by atoms with Crippen LogP contribution in [0.3, 0.4) is 0 Å². The summed E-state index contributed by atoms with van der Waals surface area (Å²) in [5, 5.41) is 9.64. The summed E-state index contributed by atoms with van der Waals surface area (Å²) in [5.41, 5.74) is 0. The van der Waals surface area contributed by atoms with Crippen molar-refractivity contribution in [3.8, 4) is 0 Å². The molecule has 0 amide bonds. The molecule has 4 heteroatoms. The number of likely N-dealkylation sites (N-methyl/N-ethyl adjacent to an activating group) is 1. The van der Waals surface area contributed by atoms with Crippen LogP contribution in [0.2, 0.25) is 0 Å². The van der Waals surface area contributed by atoms with E-state index >= 15 is 0 Å². The van der Waals surface area contributed by atoms with Gasteiger partial charge in [0.2, 0.25) is 0 Å². The van der Waals surface area contributed by atoms with Gasteiger partial charge in [-0.15, -0.1) is 0 Å². The Morgan fingerprint density at radius 1 is 1.56 bits per heavy atom. The number of hydrogen-bond acceptors (Lipinski definition) is 1. The molecule has 2 nitrogen and oxygen atoms in total. The van der Waals surface area contributed by atoms with Crippen molar-refractivity contribution in [3.05, 3.63) is 0 Å². The summed E-state index contributed by atoms with van der Waals surface area (Å²) in [6.07, 6.45) is -0.194. The summed E-state index contributed by atoms with van der Waals surface area (Å²) < 4.78 is 0. The van der Waals surface area contributed by atoms with Crippen molar-refractivity contribution in [1.29, 1.82) is 0 Å². The first-order chi connectivity index (χ1) is 3.66. The van der Waals surface area contributed by atoms with Crippen LogP contribution in [-0.4, -0.2) is 37.2 Å². The van der Waals surface area contributed by atoms with E-state index < -0.39 is 0 Å². The maximum absolute atomic E-state index is 8.96. The lowest BCUT2D eigenvalue weighted by Crippen LogP contribution is -3.07. The largest absolute Gasteiger partial charge is 1.00 e. The molecule has 0 spiro atoms. The molecule has 0 unspecified atom stereocenters. The third-order valence-electron chi connectivity index (χ3n) is 0.822. The van der Waals surface area contributed by atoms with Crippen molar-refractivity contribution < 1.29 is 27.0 Å². The van der Waals surface area contributed by atoms with Crippen molar-refractivity contribution in [2.45, 2.75) is 6.10 Å². The van der Waals surface area contributed by atoms with Crippen LogP contribution in [0.25, 0.3) is 0 Å². The minimum Gasteiger partial charge on any atom is -1.00 e. The molecule has 0 aliphatic rings. The second kappa shape index (κ2) is 6.99. The first-order valence-corrected chi connectivity index (χ1v) is 3.82. The molecule has 0 rings (SSSR count). The van der Waals surface area contributed by atoms with Crippen LogP contribution in [-0.2, 0) is 0 Å². The molecule has 0 aromatic heterocycles. The maximum atomic E-state index is 8.96. The Bertz CT molecular complexity index is 60.9. The first-order valence-electron chi connectivity index (χ1n) is 2.70. The Balaban J connectivity index is 0. The van der Waals surface area contributed by atoms with E-state index in [4.69, 9.17) is 5.11 Å². The van der Waals surface area contributed by atoms with E-state index in [0.717, 1.165) is 6.54 Å². The van der Waals surface area contributed by atoms with E-state index in [1.54, 1.807) is 0 Å². The standard InChI is InChI=1S/C5H12BrNO.BrH/c1-7(2)4-5(8)3-6;/h5,8H,3-4H2,1-2H3;1H/t5-;/m1./s1. The van der Waals surface area contributed by atoms with E-state index in [9.17, 15) is 0 Å². The van der Waals surface area contributed by atoms with Crippen molar-refractivity contribution in [1.82, 2.24) is 0 Å². The van der Waals surface area contributed by atoms with Gasteiger partial charge < -0.3 is 27.0 Å². The fraction of sp³-hybridized carbons (Fsp3) is 1.00. The lowest BCUT2D eigenvalue weighted by molar-refractivity contribution is -0.861. The zero-order valence-corrected chi connectivity index (χ0v) is 8.87. The summed E-state index contributed by atoms with van der Waals surface area (Å²) in [6.45, 7) is 0.811. The Hall–Kier alpha value is 0.880. The van der Waals surface area contributed by atoms with Crippen molar-refractivity contribution in [2.24, 2.45) is 0 Å². The number of hydrogen-bond donors (Lipinski definition) is 2. The third-order valence-corrected chi connectivity index (χ3v) is 1.57. The minimum atomic E-state index is -0.194. The monoisotopic (exact) mass is 261 g/mol. The molecule has 0 aromatic rings. The normalized spacial score (nSPS) is 13.0. The van der Waals surface area contributed by atoms with Crippen LogP contribution in [0.1, 0.15) is 0 Å². The Morgan fingerprint density at radius 3 is 2.11 bits per heavy atom. The molecule has 1 atom stereocenters. The molecule has 2 N–H and O–H groups in total. The van der Waals surface area contributed by atoms with E-state index in [1.807, 2.05) is 14.1 Å². The van der Waals surface area contributed by atoms with E-state index in [-0.39, 0.29) is 23.1 Å². The molecular weight excluding hydrogens is 250 g/mol. The summed E-state index contributed by atoms with van der Waals surface area (Å²) >= 11 is 3.18. The zero-order chi connectivity index (χ0) is 6.57.